The first-order valence-corrected chi connectivity index (χ1v) is 21.7. The second-order valence-electron chi connectivity index (χ2n) is 22.4. The van der Waals surface area contributed by atoms with Crippen LogP contribution in [0.15, 0.2) is 12.2 Å². The molecule has 0 aromatic heterocycles. The fraction of sp³-hybridized carbons (Fsp3) is 0.891. The molecule has 7 rings (SSSR count). The van der Waals surface area contributed by atoms with Gasteiger partial charge in [0.2, 0.25) is 5.91 Å². The molecule has 2 N–H and O–H groups in total. The molecule has 0 bridgehead atoms. The van der Waals surface area contributed by atoms with Crippen LogP contribution in [0, 0.1) is 73.9 Å². The predicted octanol–water partition coefficient (Wildman–Crippen LogP) is 9.29. The lowest BCUT2D eigenvalue weighted by Gasteiger charge is -2.73. The fourth-order valence-electron chi connectivity index (χ4n) is 15.7. The van der Waals surface area contributed by atoms with Crippen LogP contribution in [0.5, 0.6) is 0 Å². The van der Waals surface area contributed by atoms with Crippen LogP contribution >= 0.6 is 0 Å². The number of carboxylic acids is 1. The molecule has 53 heavy (non-hydrogen) atoms. The number of esters is 1. The van der Waals surface area contributed by atoms with E-state index in [1.165, 1.54) is 37.7 Å². The highest BCUT2D eigenvalue weighted by Crippen LogP contribution is 2.77. The van der Waals surface area contributed by atoms with Crippen molar-refractivity contribution in [2.24, 2.45) is 73.9 Å². The first-order valence-electron chi connectivity index (χ1n) is 21.7. The van der Waals surface area contributed by atoms with E-state index >= 15 is 0 Å². The van der Waals surface area contributed by atoms with Gasteiger partial charge in [0.1, 0.15) is 6.10 Å². The average molecular weight is 735 g/mol. The minimum atomic E-state index is -0.812. The maximum atomic E-state index is 14.8. The summed E-state index contributed by atoms with van der Waals surface area (Å²) in [5.41, 5.74) is 0.409. The van der Waals surface area contributed by atoms with E-state index in [0.717, 1.165) is 64.6 Å². The normalized spacial score (nSPS) is 45.8. The lowest BCUT2D eigenvalue weighted by Crippen LogP contribution is -2.68. The summed E-state index contributed by atoms with van der Waals surface area (Å²) in [6, 6.07) is 0. The molecule has 0 unspecified atom stereocenters. The van der Waals surface area contributed by atoms with Crippen LogP contribution < -0.4 is 5.32 Å². The van der Waals surface area contributed by atoms with Crippen molar-refractivity contribution in [2.75, 3.05) is 19.6 Å². The number of carbonyl (C=O) groups excluding carboxylic acids is 2. The lowest BCUT2D eigenvalue weighted by atomic mass is 9.32. The highest BCUT2D eigenvalue weighted by atomic mass is 16.5. The van der Waals surface area contributed by atoms with E-state index in [9.17, 15) is 19.5 Å². The number of carboxylic acid groups (broad SMARTS) is 1. The van der Waals surface area contributed by atoms with E-state index in [4.69, 9.17) is 4.74 Å². The van der Waals surface area contributed by atoms with E-state index in [0.29, 0.717) is 41.9 Å². The lowest BCUT2D eigenvalue weighted by molar-refractivity contribution is -0.251. The van der Waals surface area contributed by atoms with Gasteiger partial charge in [-0.05, 0) is 169 Å². The van der Waals surface area contributed by atoms with Gasteiger partial charge in [-0.2, -0.15) is 0 Å². The van der Waals surface area contributed by atoms with Gasteiger partial charge in [-0.15, -0.1) is 0 Å². The number of hydrogen-bond acceptors (Lipinski definition) is 5. The number of nitrogens with one attached hydrogen (secondary N) is 1. The SMILES string of the molecule is C=C(C)[C@@H]1CC[C@]2(C(=O)NC(C)(C)CN3CCCC3)CC[C@]3(C)[C@H](CC[C@@H]4[C@@]5(C)CC[C@H](OC(=O)[C@H]6C[C@@H](C(=O)O)C6(C)C)C(C)(C)[C@@H]5CC[C@]43C)[C@@H]12. The van der Waals surface area contributed by atoms with Gasteiger partial charge in [0.05, 0.1) is 17.3 Å². The molecule has 12 atom stereocenters. The Bertz CT molecular complexity index is 1510. The minimum Gasteiger partial charge on any atom is -0.481 e. The summed E-state index contributed by atoms with van der Waals surface area (Å²) in [7, 11) is 0. The molecule has 298 valence electrons. The summed E-state index contributed by atoms with van der Waals surface area (Å²) in [4.78, 5) is 42.8. The van der Waals surface area contributed by atoms with Crippen molar-refractivity contribution in [3.05, 3.63) is 12.2 Å². The third kappa shape index (κ3) is 5.74. The second-order valence-corrected chi connectivity index (χ2v) is 22.4. The number of fused-ring (bicyclic) bond motifs is 7. The number of aliphatic carboxylic acids is 1. The van der Waals surface area contributed by atoms with Crippen LogP contribution in [0.1, 0.15) is 153 Å². The van der Waals surface area contributed by atoms with Crippen LogP contribution in [0.3, 0.4) is 0 Å². The van der Waals surface area contributed by atoms with Gasteiger partial charge in [-0.25, -0.2) is 0 Å². The summed E-state index contributed by atoms with van der Waals surface area (Å²) in [5, 5.41) is 13.3. The summed E-state index contributed by atoms with van der Waals surface area (Å²) >= 11 is 0. The molecule has 7 fully saturated rings. The average Bonchev–Trinajstić information content (AvgIpc) is 3.70. The Morgan fingerprint density at radius 2 is 1.49 bits per heavy atom. The van der Waals surface area contributed by atoms with Crippen molar-refractivity contribution in [2.45, 2.75) is 164 Å². The molecule has 0 radical (unpaired) electrons. The predicted molar refractivity (Wildman–Crippen MR) is 210 cm³/mol. The van der Waals surface area contributed by atoms with Gasteiger partial charge >= 0.3 is 11.9 Å². The molecule has 6 aliphatic carbocycles. The molecule has 0 spiro atoms. The van der Waals surface area contributed by atoms with Crippen molar-refractivity contribution < 1.29 is 24.2 Å². The van der Waals surface area contributed by atoms with Crippen LogP contribution in [0.4, 0.5) is 0 Å². The highest BCUT2D eigenvalue weighted by Gasteiger charge is 2.72. The van der Waals surface area contributed by atoms with E-state index in [1.54, 1.807) is 0 Å². The first-order chi connectivity index (χ1) is 24.5. The molecule has 7 aliphatic rings. The molecule has 1 amide bonds. The molecule has 1 heterocycles. The van der Waals surface area contributed by atoms with Gasteiger partial charge in [0, 0.05) is 17.5 Å². The van der Waals surface area contributed by atoms with Crippen molar-refractivity contribution >= 4 is 17.8 Å². The second kappa shape index (κ2) is 12.8. The van der Waals surface area contributed by atoms with Crippen LogP contribution in [-0.4, -0.2) is 59.1 Å². The third-order valence-electron chi connectivity index (χ3n) is 18.8. The van der Waals surface area contributed by atoms with Gasteiger partial charge in [-0.1, -0.05) is 60.6 Å². The maximum absolute atomic E-state index is 14.8. The zero-order valence-electron chi connectivity index (χ0n) is 35.2. The molecule has 7 nitrogen and oxygen atoms in total. The maximum Gasteiger partial charge on any atom is 0.309 e. The first kappa shape index (κ1) is 39.3. The zero-order chi connectivity index (χ0) is 38.7. The Morgan fingerprint density at radius 3 is 2.11 bits per heavy atom. The smallest absolute Gasteiger partial charge is 0.309 e. The number of allylic oxidation sites excluding steroid dienone is 1. The summed E-state index contributed by atoms with van der Waals surface area (Å²) in [6.07, 6.45) is 13.5. The van der Waals surface area contributed by atoms with Gasteiger partial charge in [-0.3, -0.25) is 14.4 Å². The molecule has 1 aliphatic heterocycles. The van der Waals surface area contributed by atoms with Crippen molar-refractivity contribution in [1.82, 2.24) is 10.2 Å². The monoisotopic (exact) mass is 735 g/mol. The quantitative estimate of drug-likeness (QED) is 0.191. The summed E-state index contributed by atoms with van der Waals surface area (Å²) in [5.74, 6) is 0.735. The molecule has 0 aromatic rings. The number of hydrogen-bond donors (Lipinski definition) is 2. The summed E-state index contributed by atoms with van der Waals surface area (Å²) < 4.78 is 6.44. The molecular weight excluding hydrogens is 661 g/mol. The Morgan fingerprint density at radius 1 is 0.811 bits per heavy atom. The highest BCUT2D eigenvalue weighted by molar-refractivity contribution is 5.84. The minimum absolute atomic E-state index is 0.144. The number of rotatable bonds is 8. The van der Waals surface area contributed by atoms with Crippen LogP contribution in [0.2, 0.25) is 0 Å². The van der Waals surface area contributed by atoms with Gasteiger partial charge < -0.3 is 20.1 Å². The topological polar surface area (TPSA) is 95.9 Å². The number of carbonyl (C=O) groups is 3. The van der Waals surface area contributed by atoms with E-state index in [-0.39, 0.29) is 50.6 Å². The van der Waals surface area contributed by atoms with Crippen molar-refractivity contribution in [3.8, 4) is 0 Å². The number of nitrogens with zero attached hydrogens (tertiary/aromatic N) is 1. The van der Waals surface area contributed by atoms with Crippen LogP contribution in [0.25, 0.3) is 0 Å². The molecule has 1 saturated heterocycles. The Kier molecular flexibility index (Phi) is 9.51. The number of likely N-dealkylation sites (tertiary alicyclic amines) is 1. The van der Waals surface area contributed by atoms with Crippen molar-refractivity contribution in [3.63, 3.8) is 0 Å². The molecule has 0 aromatic carbocycles. The Labute approximate surface area is 321 Å². The Hall–Kier alpha value is -1.89. The molecule has 7 heteroatoms. The molecule has 6 saturated carbocycles. The third-order valence-corrected chi connectivity index (χ3v) is 18.8. The largest absolute Gasteiger partial charge is 0.481 e. The number of amides is 1. The van der Waals surface area contributed by atoms with E-state index in [2.05, 4.69) is 72.2 Å². The van der Waals surface area contributed by atoms with E-state index < -0.39 is 17.3 Å². The van der Waals surface area contributed by atoms with Gasteiger partial charge in [0.25, 0.3) is 0 Å². The van der Waals surface area contributed by atoms with Gasteiger partial charge in [0.15, 0.2) is 0 Å². The van der Waals surface area contributed by atoms with Crippen LogP contribution in [-0.2, 0) is 19.1 Å². The number of ether oxygens (including phenoxy) is 1. The summed E-state index contributed by atoms with van der Waals surface area (Å²) in [6.45, 7) is 30.9. The molecular formula is C46H74N2O5. The fourth-order valence-corrected chi connectivity index (χ4v) is 15.7. The zero-order valence-corrected chi connectivity index (χ0v) is 35.2. The van der Waals surface area contributed by atoms with E-state index in [1.807, 2.05) is 13.8 Å². The Balaban J connectivity index is 1.12. The standard InChI is InChI=1S/C46H74N2O5/c1-28(2)29-16-21-46(39(52)47-40(3,4)27-48-24-12-13-25-48)23-22-44(10)30(36(29)46)14-15-34-43(9)19-18-35(42(7,8)33(43)17-20-45(34,44)11)53-38(51)32-26-31(37(49)50)41(32,5)6/h29-36H,1,12-27H2,2-11H3,(H,47,52)(H,49,50)/t29-,30+,31-,32+,33-,34+,35-,36+,43-,44+,45+,46-/m0/s1. The van der Waals surface area contributed by atoms with Crippen molar-refractivity contribution in [1.29, 1.82) is 0 Å².